The minimum Gasteiger partial charge on any atom is -0.390 e. The zero-order valence-electron chi connectivity index (χ0n) is 25.6. The minimum absolute atomic E-state index is 0.998. The van der Waals surface area contributed by atoms with Gasteiger partial charge in [-0.05, 0) is 0 Å². The maximum Gasteiger partial charge on any atom is 0.336 e. The molecule has 0 radical (unpaired) electrons. The average Bonchev–Trinajstić information content (AvgIpc) is 3.18. The second-order valence-corrected chi connectivity index (χ2v) is 3.99. The third kappa shape index (κ3) is 4.24. The fourth-order valence-electron chi connectivity index (χ4n) is 1.26. The highest BCUT2D eigenvalue weighted by atomic mass is 35.5. The van der Waals surface area contributed by atoms with Gasteiger partial charge in [-0.2, -0.15) is 0 Å². The van der Waals surface area contributed by atoms with Gasteiger partial charge in [0.15, 0.2) is 0 Å². The van der Waals surface area contributed by atoms with Crippen molar-refractivity contribution in [3.63, 3.8) is 0 Å². The van der Waals surface area contributed by atoms with Crippen molar-refractivity contribution in [1.29, 1.82) is 0 Å². The molecule has 130 valence electrons. The Bertz CT molecular complexity index is 1250. The van der Waals surface area contributed by atoms with E-state index in [1.54, 1.807) is 0 Å². The van der Waals surface area contributed by atoms with Crippen molar-refractivity contribution in [1.82, 2.24) is 13.7 Å². The Labute approximate surface area is 161 Å². The van der Waals surface area contributed by atoms with Gasteiger partial charge in [-0.3, -0.25) is 0 Å². The molecule has 23 heavy (non-hydrogen) atoms. The van der Waals surface area contributed by atoms with Crippen LogP contribution in [0.15, 0.2) is 14.4 Å². The van der Waals surface area contributed by atoms with Gasteiger partial charge in [0.25, 0.3) is 0 Å². The molecule has 0 bridgehead atoms. The maximum atomic E-state index is 13.2. The summed E-state index contributed by atoms with van der Waals surface area (Å²) in [6.45, 7) is -16.3. The zero-order chi connectivity index (χ0) is 30.7. The predicted octanol–water partition coefficient (Wildman–Crippen LogP) is -2.23. The summed E-state index contributed by atoms with van der Waals surface area (Å²) in [6.07, 6.45) is -12.3. The minimum atomic E-state index is -4.48. The van der Waals surface area contributed by atoms with Gasteiger partial charge >= 0.3 is 17.1 Å². The van der Waals surface area contributed by atoms with Gasteiger partial charge in [-0.15, -0.1) is 23.2 Å². The maximum absolute atomic E-state index is 13.2. The third-order valence-electron chi connectivity index (χ3n) is 2.18. The highest BCUT2D eigenvalue weighted by Crippen LogP contribution is 2.09. The number of epoxide rings is 1. The van der Waals surface area contributed by atoms with Gasteiger partial charge in [0.05, 0.1) is 71.0 Å². The molecule has 1 saturated heterocycles. The molecule has 0 amide bonds. The second kappa shape index (κ2) is 7.63. The van der Waals surface area contributed by atoms with Crippen LogP contribution in [0.1, 0.15) is 20.6 Å². The van der Waals surface area contributed by atoms with Crippen LogP contribution in [-0.2, 0) is 24.2 Å². The number of nitrogens with zero attached hydrogens (tertiary/aromatic N) is 3. The van der Waals surface area contributed by atoms with Crippen molar-refractivity contribution in [3.05, 3.63) is 31.5 Å². The summed E-state index contributed by atoms with van der Waals surface area (Å²) in [4.78, 5) is 39.5. The standard InChI is InChI=1S/C12H17Cl2N3O6/c13-1-7(18)3-15-10(20)16(4-8(19)2-14)12(22)17(11(15)21)5-9-6-23-9/h7-9,18-19H,1-6H2/i1D2,2D2,3D2,4D2,5D2,6D2,7D,8D,9D. The van der Waals surface area contributed by atoms with Crippen LogP contribution < -0.4 is 17.1 Å². The van der Waals surface area contributed by atoms with E-state index < -0.39 is 86.7 Å². The number of ether oxygens (including phenoxy) is 1. The highest BCUT2D eigenvalue weighted by Gasteiger charge is 2.27. The molecule has 2 heterocycles. The Morgan fingerprint density at radius 3 is 1.91 bits per heavy atom. The third-order valence-corrected chi connectivity index (χ3v) is 2.54. The highest BCUT2D eigenvalue weighted by molar-refractivity contribution is 6.18. The molecule has 3 unspecified atom stereocenters. The first-order chi connectivity index (χ1) is 16.3. The Hall–Kier alpha value is -1.13. The first-order valence-electron chi connectivity index (χ1n) is 12.9. The molecule has 11 heteroatoms. The second-order valence-electron chi connectivity index (χ2n) is 3.61. The fraction of sp³-hybridized carbons (Fsp3) is 0.750. The number of halogens is 2. The van der Waals surface area contributed by atoms with Gasteiger partial charge in [-0.1, -0.05) is 0 Å². The molecule has 1 aliphatic rings. The lowest BCUT2D eigenvalue weighted by Gasteiger charge is -2.16. The molecule has 1 fully saturated rings. The van der Waals surface area contributed by atoms with E-state index >= 15 is 0 Å². The molecule has 1 aromatic heterocycles. The summed E-state index contributed by atoms with van der Waals surface area (Å²) in [6, 6.07) is 0. The molecule has 1 aliphatic heterocycles. The number of aromatic nitrogens is 3. The van der Waals surface area contributed by atoms with E-state index in [0.717, 1.165) is 0 Å². The zero-order valence-corrected chi connectivity index (χ0v) is 12.1. The van der Waals surface area contributed by atoms with Crippen molar-refractivity contribution >= 4 is 23.2 Å². The fourth-order valence-corrected chi connectivity index (χ4v) is 1.34. The average molecular weight is 385 g/mol. The summed E-state index contributed by atoms with van der Waals surface area (Å²) in [7, 11) is 0. The van der Waals surface area contributed by atoms with E-state index in [4.69, 9.17) is 43.8 Å². The Balaban J connectivity index is 3.27. The van der Waals surface area contributed by atoms with Crippen molar-refractivity contribution in [2.45, 2.75) is 37.7 Å². The van der Waals surface area contributed by atoms with E-state index in [9.17, 15) is 24.6 Å². The summed E-state index contributed by atoms with van der Waals surface area (Å²) < 4.78 is 116. The van der Waals surface area contributed by atoms with E-state index in [1.807, 2.05) is 0 Å². The van der Waals surface area contributed by atoms with E-state index in [-0.39, 0.29) is 0 Å². The molecule has 0 aliphatic carbocycles. The molecular formula is C12H17Cl2N3O6. The van der Waals surface area contributed by atoms with E-state index in [0.29, 0.717) is 0 Å². The van der Waals surface area contributed by atoms with Crippen LogP contribution in [0.2, 0.25) is 0 Å². The lowest BCUT2D eigenvalue weighted by atomic mass is 10.4. The van der Waals surface area contributed by atoms with Crippen LogP contribution in [-0.4, -0.2) is 60.4 Å². The quantitative estimate of drug-likeness (QED) is 0.386. The number of hydrogen-bond acceptors (Lipinski definition) is 6. The number of rotatable bonds is 8. The van der Waals surface area contributed by atoms with Crippen LogP contribution in [0.25, 0.3) is 0 Å². The first-order valence-corrected chi connectivity index (χ1v) is 6.11. The molecule has 3 atom stereocenters. The largest absolute Gasteiger partial charge is 0.390 e. The van der Waals surface area contributed by atoms with Crippen LogP contribution in [0.3, 0.4) is 0 Å². The monoisotopic (exact) mass is 384 g/mol. The summed E-state index contributed by atoms with van der Waals surface area (Å²) in [5, 5.41) is 20.4. The van der Waals surface area contributed by atoms with Gasteiger partial charge in [-0.25, -0.2) is 28.1 Å². The summed E-state index contributed by atoms with van der Waals surface area (Å²) >= 11 is 10.4. The molecule has 2 rings (SSSR count). The van der Waals surface area contributed by atoms with Crippen LogP contribution in [0.4, 0.5) is 0 Å². The van der Waals surface area contributed by atoms with Crippen LogP contribution >= 0.6 is 23.2 Å². The number of hydrogen-bond donors (Lipinski definition) is 2. The summed E-state index contributed by atoms with van der Waals surface area (Å²) in [5.74, 6) is -7.77. The van der Waals surface area contributed by atoms with Crippen LogP contribution in [0.5, 0.6) is 0 Å². The van der Waals surface area contributed by atoms with Gasteiger partial charge < -0.3 is 14.9 Å². The first kappa shape index (κ1) is 6.64. The van der Waals surface area contributed by atoms with Crippen LogP contribution in [0, 0.1) is 0 Å². The topological polar surface area (TPSA) is 119 Å². The normalized spacial score (nSPS) is 40.4. The summed E-state index contributed by atoms with van der Waals surface area (Å²) in [5.41, 5.74) is -7.80. The predicted molar refractivity (Wildman–Crippen MR) is 82.4 cm³/mol. The van der Waals surface area contributed by atoms with Crippen molar-refractivity contribution in [2.24, 2.45) is 0 Å². The molecule has 9 nitrogen and oxygen atoms in total. The molecular weight excluding hydrogens is 353 g/mol. The molecule has 1 aromatic rings. The molecule has 0 saturated carbocycles. The lowest BCUT2D eigenvalue weighted by molar-refractivity contribution is 0.158. The van der Waals surface area contributed by atoms with Crippen molar-refractivity contribution in [2.75, 3.05) is 18.2 Å². The van der Waals surface area contributed by atoms with Crippen molar-refractivity contribution in [3.8, 4) is 0 Å². The van der Waals surface area contributed by atoms with Gasteiger partial charge in [0, 0.05) is 5.48 Å². The Kier molecular flexibility index (Phi) is 2.20. The SMILES string of the molecule is [2H]C([2H])(Cl)C([2H])(O)C([2H])([2H])n1c(=O)n(C([2H])([2H])C([2H])(O)C([2H])([2H])Cl)c(=O)n(C([2H])([2H])C2([2H])OC2([2H])[2H])c1=O. The van der Waals surface area contributed by atoms with Crippen molar-refractivity contribution < 1.29 is 35.5 Å². The van der Waals surface area contributed by atoms with Gasteiger partial charge in [0.2, 0.25) is 0 Å². The molecule has 0 aromatic carbocycles. The Morgan fingerprint density at radius 2 is 1.57 bits per heavy atom. The number of aliphatic hydroxyl groups is 2. The van der Waals surface area contributed by atoms with Gasteiger partial charge in [0.1, 0.15) is 0 Å². The van der Waals surface area contributed by atoms with E-state index in [2.05, 4.69) is 4.74 Å². The number of alkyl halides is 2. The Morgan fingerprint density at radius 1 is 1.17 bits per heavy atom. The lowest BCUT2D eigenvalue weighted by Crippen LogP contribution is -2.56. The molecule has 2 N–H and O–H groups in total. The molecule has 0 spiro atoms. The van der Waals surface area contributed by atoms with E-state index in [1.165, 1.54) is 0 Å². The smallest absolute Gasteiger partial charge is 0.336 e.